The van der Waals surface area contributed by atoms with Gasteiger partial charge in [-0.05, 0) is 49.4 Å². The summed E-state index contributed by atoms with van der Waals surface area (Å²) in [5.74, 6) is 1.59. The van der Waals surface area contributed by atoms with E-state index in [1.165, 1.54) is 23.1 Å². The quantitative estimate of drug-likeness (QED) is 0.413. The number of hydrogen-bond acceptors (Lipinski definition) is 8. The Labute approximate surface area is 181 Å². The normalized spacial score (nSPS) is 10.9. The number of anilines is 1. The maximum absolute atomic E-state index is 12.4. The van der Waals surface area contributed by atoms with Gasteiger partial charge >= 0.3 is 0 Å². The topological polar surface area (TPSA) is 91.2 Å². The van der Waals surface area contributed by atoms with Crippen molar-refractivity contribution in [3.63, 3.8) is 0 Å². The number of fused-ring (bicyclic) bond motifs is 1. The van der Waals surface area contributed by atoms with Gasteiger partial charge in [0, 0.05) is 5.69 Å². The molecule has 2 aromatic heterocycles. The Morgan fingerprint density at radius 2 is 2.00 bits per heavy atom. The molecule has 0 aliphatic heterocycles. The molecule has 8 nitrogen and oxygen atoms in total. The fourth-order valence-electron chi connectivity index (χ4n) is 2.74. The van der Waals surface area contributed by atoms with E-state index in [9.17, 15) is 4.79 Å². The lowest BCUT2D eigenvalue weighted by atomic mass is 10.3. The van der Waals surface area contributed by atoms with E-state index in [1.54, 1.807) is 13.4 Å². The lowest BCUT2D eigenvalue weighted by Crippen LogP contribution is -2.14. The lowest BCUT2D eigenvalue weighted by Gasteiger charge is -2.07. The number of thioether (sulfide) groups is 1. The third-order valence-corrected chi connectivity index (χ3v) is 5.99. The van der Waals surface area contributed by atoms with Crippen LogP contribution in [0.1, 0.15) is 6.92 Å². The van der Waals surface area contributed by atoms with E-state index in [4.69, 9.17) is 9.47 Å². The summed E-state index contributed by atoms with van der Waals surface area (Å²) in [5.41, 5.74) is 1.71. The van der Waals surface area contributed by atoms with Gasteiger partial charge in [0.2, 0.25) is 5.91 Å². The average Bonchev–Trinajstić information content (AvgIpc) is 3.38. The first kappa shape index (κ1) is 20.2. The molecule has 0 radical (unpaired) electrons. The number of ether oxygens (including phenoxy) is 2. The van der Waals surface area contributed by atoms with Crippen LogP contribution in [0.15, 0.2) is 53.9 Å². The smallest absolute Gasteiger partial charge is 0.236 e. The highest BCUT2D eigenvalue weighted by Crippen LogP contribution is 2.29. The molecule has 0 unspecified atom stereocenters. The zero-order chi connectivity index (χ0) is 20.9. The highest BCUT2D eigenvalue weighted by atomic mass is 32.2. The molecule has 0 aliphatic carbocycles. The number of aromatic nitrogens is 4. The van der Waals surface area contributed by atoms with Crippen LogP contribution in [0, 0.1) is 0 Å². The molecule has 4 aromatic rings. The van der Waals surface area contributed by atoms with Gasteiger partial charge in [0.1, 0.15) is 17.8 Å². The summed E-state index contributed by atoms with van der Waals surface area (Å²) >= 11 is 2.72. The zero-order valence-corrected chi connectivity index (χ0v) is 18.0. The average molecular weight is 442 g/mol. The van der Waals surface area contributed by atoms with E-state index in [0.717, 1.165) is 27.4 Å². The van der Waals surface area contributed by atoms with Crippen LogP contribution in [-0.4, -0.2) is 45.1 Å². The van der Waals surface area contributed by atoms with Crippen molar-refractivity contribution < 1.29 is 14.3 Å². The number of nitrogens with one attached hydrogen (secondary N) is 1. The van der Waals surface area contributed by atoms with Crippen molar-refractivity contribution >= 4 is 44.4 Å². The Morgan fingerprint density at radius 3 is 2.77 bits per heavy atom. The first-order chi connectivity index (χ1) is 14.7. The van der Waals surface area contributed by atoms with Crippen LogP contribution in [0.4, 0.5) is 5.13 Å². The fourth-order valence-corrected chi connectivity index (χ4v) is 4.38. The van der Waals surface area contributed by atoms with E-state index in [-0.39, 0.29) is 11.7 Å². The highest BCUT2D eigenvalue weighted by molar-refractivity contribution is 7.99. The van der Waals surface area contributed by atoms with Crippen molar-refractivity contribution in [1.82, 2.24) is 19.7 Å². The maximum atomic E-state index is 12.4. The van der Waals surface area contributed by atoms with Crippen LogP contribution in [0.25, 0.3) is 15.9 Å². The Bertz CT molecular complexity index is 1160. The summed E-state index contributed by atoms with van der Waals surface area (Å²) in [5, 5.41) is 12.1. The first-order valence-corrected chi connectivity index (χ1v) is 11.0. The minimum Gasteiger partial charge on any atom is -0.497 e. The molecular formula is C20H19N5O3S2. The van der Waals surface area contributed by atoms with E-state index in [0.29, 0.717) is 16.9 Å². The van der Waals surface area contributed by atoms with Gasteiger partial charge < -0.3 is 14.8 Å². The van der Waals surface area contributed by atoms with Gasteiger partial charge in [0.05, 0.1) is 29.7 Å². The van der Waals surface area contributed by atoms with Crippen molar-refractivity contribution in [2.45, 2.75) is 12.1 Å². The summed E-state index contributed by atoms with van der Waals surface area (Å²) in [4.78, 5) is 16.9. The molecule has 0 saturated carbocycles. The van der Waals surface area contributed by atoms with Gasteiger partial charge in [-0.1, -0.05) is 23.1 Å². The molecule has 2 aromatic carbocycles. The molecule has 0 bridgehead atoms. The molecule has 154 valence electrons. The molecule has 1 amide bonds. The van der Waals surface area contributed by atoms with Gasteiger partial charge in [-0.2, -0.15) is 0 Å². The van der Waals surface area contributed by atoms with Crippen molar-refractivity contribution in [3.05, 3.63) is 48.8 Å². The lowest BCUT2D eigenvalue weighted by molar-refractivity contribution is -0.113. The molecule has 30 heavy (non-hydrogen) atoms. The highest BCUT2D eigenvalue weighted by Gasteiger charge is 2.13. The number of carbonyl (C=O) groups is 1. The maximum Gasteiger partial charge on any atom is 0.236 e. The zero-order valence-electron chi connectivity index (χ0n) is 16.4. The van der Waals surface area contributed by atoms with Crippen LogP contribution >= 0.6 is 23.1 Å². The van der Waals surface area contributed by atoms with E-state index in [1.807, 2.05) is 54.0 Å². The number of thiazole rings is 1. The van der Waals surface area contributed by atoms with Crippen LogP contribution in [0.3, 0.4) is 0 Å². The molecule has 0 fully saturated rings. The number of rotatable bonds is 8. The van der Waals surface area contributed by atoms with Crippen molar-refractivity contribution in [1.29, 1.82) is 0 Å². The van der Waals surface area contributed by atoms with Crippen molar-refractivity contribution in [3.8, 4) is 17.2 Å². The van der Waals surface area contributed by atoms with Gasteiger partial charge in [-0.25, -0.2) is 4.98 Å². The molecule has 4 rings (SSSR count). The number of benzene rings is 2. The molecule has 1 N–H and O–H groups in total. The van der Waals surface area contributed by atoms with Gasteiger partial charge in [0.15, 0.2) is 10.3 Å². The van der Waals surface area contributed by atoms with Crippen LogP contribution < -0.4 is 14.8 Å². The summed E-state index contributed by atoms with van der Waals surface area (Å²) in [6, 6.07) is 13.2. The molecular weight excluding hydrogens is 422 g/mol. The molecule has 0 aliphatic rings. The molecule has 2 heterocycles. The van der Waals surface area contributed by atoms with Gasteiger partial charge in [-0.15, -0.1) is 10.2 Å². The molecule has 10 heteroatoms. The first-order valence-electron chi connectivity index (χ1n) is 9.16. The third-order valence-electron chi connectivity index (χ3n) is 4.12. The summed E-state index contributed by atoms with van der Waals surface area (Å²) in [7, 11) is 1.62. The van der Waals surface area contributed by atoms with Gasteiger partial charge in [0.25, 0.3) is 0 Å². The second-order valence-corrected chi connectivity index (χ2v) is 8.07. The number of nitrogens with zero attached hydrogens (tertiary/aromatic N) is 4. The molecule has 0 spiro atoms. The minimum atomic E-state index is -0.159. The van der Waals surface area contributed by atoms with Crippen LogP contribution in [-0.2, 0) is 4.79 Å². The number of carbonyl (C=O) groups excluding carboxylic acids is 1. The van der Waals surface area contributed by atoms with Gasteiger partial charge in [-0.3, -0.25) is 9.36 Å². The predicted octanol–water partition coefficient (Wildman–Crippen LogP) is 4.02. The second-order valence-electron chi connectivity index (χ2n) is 6.10. The van der Waals surface area contributed by atoms with E-state index in [2.05, 4.69) is 20.5 Å². The van der Waals surface area contributed by atoms with Crippen molar-refractivity contribution in [2.75, 3.05) is 24.8 Å². The molecule has 0 saturated heterocycles. The Balaban J connectivity index is 1.39. The number of hydrogen-bond donors (Lipinski definition) is 1. The summed E-state index contributed by atoms with van der Waals surface area (Å²) in [6.45, 7) is 2.54. The monoisotopic (exact) mass is 441 g/mol. The fraction of sp³-hybridized carbons (Fsp3) is 0.200. The van der Waals surface area contributed by atoms with E-state index >= 15 is 0 Å². The SMILES string of the molecule is CCOc1ccc2nc(NC(=O)CSc3nncn3-c3ccc(OC)cc3)sc2c1. The van der Waals surface area contributed by atoms with Crippen LogP contribution in [0.2, 0.25) is 0 Å². The molecule has 0 atom stereocenters. The number of methoxy groups -OCH3 is 1. The van der Waals surface area contributed by atoms with Crippen LogP contribution in [0.5, 0.6) is 11.5 Å². The largest absolute Gasteiger partial charge is 0.497 e. The Kier molecular flexibility index (Phi) is 6.15. The number of amides is 1. The Hall–Kier alpha value is -3.11. The minimum absolute atomic E-state index is 0.159. The van der Waals surface area contributed by atoms with E-state index < -0.39 is 0 Å². The van der Waals surface area contributed by atoms with Crippen molar-refractivity contribution in [2.24, 2.45) is 0 Å². The summed E-state index contributed by atoms with van der Waals surface area (Å²) < 4.78 is 13.5. The standard InChI is InChI=1S/C20H19N5O3S2/c1-3-28-15-8-9-16-17(10-15)30-19(22-16)23-18(26)11-29-20-24-21-12-25(20)13-4-6-14(27-2)7-5-13/h4-10,12H,3,11H2,1-2H3,(H,22,23,26). The second kappa shape index (κ2) is 9.14. The predicted molar refractivity (Wildman–Crippen MR) is 118 cm³/mol. The third kappa shape index (κ3) is 4.55. The summed E-state index contributed by atoms with van der Waals surface area (Å²) in [6.07, 6.45) is 1.62. The Morgan fingerprint density at radius 1 is 1.20 bits per heavy atom.